The molecule has 104 valence electrons. The van der Waals surface area contributed by atoms with Crippen molar-refractivity contribution in [3.63, 3.8) is 0 Å². The quantitative estimate of drug-likeness (QED) is 0.847. The van der Waals surface area contributed by atoms with Crippen molar-refractivity contribution in [1.82, 2.24) is 4.98 Å². The minimum absolute atomic E-state index is 0.329. The summed E-state index contributed by atoms with van der Waals surface area (Å²) >= 11 is 11.1. The van der Waals surface area contributed by atoms with Gasteiger partial charge in [-0.3, -0.25) is 0 Å². The molecule has 4 nitrogen and oxygen atoms in total. The summed E-state index contributed by atoms with van der Waals surface area (Å²) < 4.78 is 5.17. The molecule has 20 heavy (non-hydrogen) atoms. The molecule has 0 aliphatic carbocycles. The second-order valence-corrected chi connectivity index (χ2v) is 5.06. The van der Waals surface area contributed by atoms with Crippen LogP contribution in [0.25, 0.3) is 0 Å². The maximum absolute atomic E-state index is 6.15. The Morgan fingerprint density at radius 2 is 2.10 bits per heavy atom. The first kappa shape index (κ1) is 14.6. The second kappa shape index (κ2) is 6.07. The Kier molecular flexibility index (Phi) is 4.42. The SMILES string of the molecule is COc1ccc(Cl)c(Nc2cc(C(N)=S)cc(C)n2)c1. The Labute approximate surface area is 127 Å². The number of pyridine rings is 1. The van der Waals surface area contributed by atoms with Crippen LogP contribution in [0.4, 0.5) is 11.5 Å². The summed E-state index contributed by atoms with van der Waals surface area (Å²) in [5, 5.41) is 3.72. The first-order valence-electron chi connectivity index (χ1n) is 5.88. The maximum atomic E-state index is 6.15. The average molecular weight is 308 g/mol. The summed E-state index contributed by atoms with van der Waals surface area (Å²) in [5.41, 5.74) is 7.93. The molecule has 1 heterocycles. The number of methoxy groups -OCH3 is 1. The lowest BCUT2D eigenvalue weighted by Crippen LogP contribution is -2.10. The van der Waals surface area contributed by atoms with E-state index in [1.807, 2.05) is 13.0 Å². The van der Waals surface area contributed by atoms with Crippen LogP contribution in [0.3, 0.4) is 0 Å². The van der Waals surface area contributed by atoms with Crippen LogP contribution >= 0.6 is 23.8 Å². The zero-order valence-electron chi connectivity index (χ0n) is 11.1. The van der Waals surface area contributed by atoms with E-state index in [1.165, 1.54) is 0 Å². The van der Waals surface area contributed by atoms with Crippen molar-refractivity contribution >= 4 is 40.3 Å². The number of aromatic nitrogens is 1. The van der Waals surface area contributed by atoms with E-state index in [0.29, 0.717) is 27.3 Å². The smallest absolute Gasteiger partial charge is 0.131 e. The highest BCUT2D eigenvalue weighted by Crippen LogP contribution is 2.29. The van der Waals surface area contributed by atoms with Gasteiger partial charge >= 0.3 is 0 Å². The number of nitrogens with zero attached hydrogens (tertiary/aromatic N) is 1. The molecule has 1 aromatic heterocycles. The standard InChI is InChI=1S/C14H14ClN3OS/c1-8-5-9(14(16)20)6-13(17-8)18-12-7-10(19-2)3-4-11(12)15/h3-7H,1-2H3,(H2,16,20)(H,17,18). The van der Waals surface area contributed by atoms with Crippen LogP contribution in [0.15, 0.2) is 30.3 Å². The van der Waals surface area contributed by atoms with Crippen LogP contribution in [0.5, 0.6) is 5.75 Å². The molecule has 0 bridgehead atoms. The minimum atomic E-state index is 0.329. The summed E-state index contributed by atoms with van der Waals surface area (Å²) in [5.74, 6) is 1.34. The molecule has 6 heteroatoms. The van der Waals surface area contributed by atoms with Crippen LogP contribution in [-0.4, -0.2) is 17.1 Å². The van der Waals surface area contributed by atoms with Crippen LogP contribution in [0, 0.1) is 6.92 Å². The Morgan fingerprint density at radius 1 is 1.35 bits per heavy atom. The molecule has 0 aliphatic rings. The van der Waals surface area contributed by atoms with E-state index in [1.54, 1.807) is 31.4 Å². The van der Waals surface area contributed by atoms with Crippen molar-refractivity contribution in [3.8, 4) is 5.75 Å². The summed E-state index contributed by atoms with van der Waals surface area (Å²) in [7, 11) is 1.60. The lowest BCUT2D eigenvalue weighted by atomic mass is 10.2. The lowest BCUT2D eigenvalue weighted by Gasteiger charge is -2.11. The van der Waals surface area contributed by atoms with Crippen molar-refractivity contribution in [2.45, 2.75) is 6.92 Å². The van der Waals surface area contributed by atoms with Crippen molar-refractivity contribution in [1.29, 1.82) is 0 Å². The number of nitrogens with one attached hydrogen (secondary N) is 1. The molecule has 0 atom stereocenters. The molecule has 0 unspecified atom stereocenters. The fourth-order valence-electron chi connectivity index (χ4n) is 1.74. The molecule has 1 aromatic carbocycles. The molecule has 0 amide bonds. The molecule has 2 aromatic rings. The van der Waals surface area contributed by atoms with Gasteiger partial charge in [0.05, 0.1) is 17.8 Å². The fraction of sp³-hybridized carbons (Fsp3) is 0.143. The molecular formula is C14H14ClN3OS. The molecule has 3 N–H and O–H groups in total. The van der Waals surface area contributed by atoms with Gasteiger partial charge in [-0.15, -0.1) is 0 Å². The zero-order chi connectivity index (χ0) is 14.7. The van der Waals surface area contributed by atoms with Crippen LogP contribution in [0.2, 0.25) is 5.02 Å². The number of thiocarbonyl (C=S) groups is 1. The first-order chi connectivity index (χ1) is 9.49. The number of aryl methyl sites for hydroxylation is 1. The largest absolute Gasteiger partial charge is 0.497 e. The van der Waals surface area contributed by atoms with Crippen molar-refractivity contribution in [2.75, 3.05) is 12.4 Å². The highest BCUT2D eigenvalue weighted by molar-refractivity contribution is 7.80. The molecular weight excluding hydrogens is 294 g/mol. The van der Waals surface area contributed by atoms with Gasteiger partial charge in [0.25, 0.3) is 0 Å². The number of anilines is 2. The number of hydrogen-bond donors (Lipinski definition) is 2. The number of benzene rings is 1. The van der Waals surface area contributed by atoms with E-state index in [4.69, 9.17) is 34.3 Å². The minimum Gasteiger partial charge on any atom is -0.497 e. The molecule has 0 spiro atoms. The average Bonchev–Trinajstić information content (AvgIpc) is 2.40. The Balaban J connectivity index is 2.36. The van der Waals surface area contributed by atoms with Crippen LogP contribution in [0.1, 0.15) is 11.3 Å². The predicted molar refractivity (Wildman–Crippen MR) is 86.1 cm³/mol. The van der Waals surface area contributed by atoms with E-state index >= 15 is 0 Å². The lowest BCUT2D eigenvalue weighted by molar-refractivity contribution is 0.415. The van der Waals surface area contributed by atoms with Crippen LogP contribution < -0.4 is 15.8 Å². The molecule has 0 saturated heterocycles. The molecule has 2 rings (SSSR count). The fourth-order valence-corrected chi connectivity index (χ4v) is 2.02. The Hall–Kier alpha value is -1.85. The third kappa shape index (κ3) is 3.37. The van der Waals surface area contributed by atoms with Crippen molar-refractivity contribution in [3.05, 3.63) is 46.6 Å². The third-order valence-corrected chi connectivity index (χ3v) is 3.24. The normalized spacial score (nSPS) is 10.2. The van der Waals surface area contributed by atoms with Crippen LogP contribution in [-0.2, 0) is 0 Å². The third-order valence-electron chi connectivity index (χ3n) is 2.67. The van der Waals surface area contributed by atoms with E-state index in [9.17, 15) is 0 Å². The van der Waals surface area contributed by atoms with E-state index in [-0.39, 0.29) is 0 Å². The van der Waals surface area contributed by atoms with E-state index < -0.39 is 0 Å². The monoisotopic (exact) mass is 307 g/mol. The number of rotatable bonds is 4. The van der Waals surface area contributed by atoms with Crippen molar-refractivity contribution < 1.29 is 4.74 Å². The molecule has 0 fully saturated rings. The summed E-state index contributed by atoms with van der Waals surface area (Å²) in [4.78, 5) is 4.71. The number of nitrogens with two attached hydrogens (primary N) is 1. The van der Waals surface area contributed by atoms with Gasteiger partial charge in [0.1, 0.15) is 16.6 Å². The van der Waals surface area contributed by atoms with Crippen molar-refractivity contribution in [2.24, 2.45) is 5.73 Å². The number of hydrogen-bond acceptors (Lipinski definition) is 4. The van der Waals surface area contributed by atoms with E-state index in [0.717, 1.165) is 11.3 Å². The van der Waals surface area contributed by atoms with Gasteiger partial charge in [-0.1, -0.05) is 23.8 Å². The Bertz CT molecular complexity index is 661. The molecule has 0 aliphatic heterocycles. The van der Waals surface area contributed by atoms with Gasteiger partial charge in [0.2, 0.25) is 0 Å². The molecule has 0 saturated carbocycles. The van der Waals surface area contributed by atoms with Gasteiger partial charge in [-0.05, 0) is 31.2 Å². The first-order valence-corrected chi connectivity index (χ1v) is 6.67. The number of halogens is 1. The van der Waals surface area contributed by atoms with Gasteiger partial charge in [0, 0.05) is 17.3 Å². The maximum Gasteiger partial charge on any atom is 0.131 e. The van der Waals surface area contributed by atoms with Gasteiger partial charge in [0.15, 0.2) is 0 Å². The van der Waals surface area contributed by atoms with Gasteiger partial charge in [-0.2, -0.15) is 0 Å². The predicted octanol–water partition coefficient (Wildman–Crippen LogP) is 3.43. The number of ether oxygens (including phenoxy) is 1. The zero-order valence-corrected chi connectivity index (χ0v) is 12.7. The van der Waals surface area contributed by atoms with Gasteiger partial charge in [-0.25, -0.2) is 4.98 Å². The second-order valence-electron chi connectivity index (χ2n) is 4.22. The topological polar surface area (TPSA) is 60.2 Å². The highest BCUT2D eigenvalue weighted by atomic mass is 35.5. The summed E-state index contributed by atoms with van der Waals surface area (Å²) in [6, 6.07) is 8.96. The van der Waals surface area contributed by atoms with Gasteiger partial charge < -0.3 is 15.8 Å². The highest BCUT2D eigenvalue weighted by Gasteiger charge is 2.06. The summed E-state index contributed by atoms with van der Waals surface area (Å²) in [6.07, 6.45) is 0. The Morgan fingerprint density at radius 3 is 2.75 bits per heavy atom. The van der Waals surface area contributed by atoms with E-state index in [2.05, 4.69) is 10.3 Å². The molecule has 0 radical (unpaired) electrons. The summed E-state index contributed by atoms with van der Waals surface area (Å²) in [6.45, 7) is 1.88.